The van der Waals surface area contributed by atoms with Crippen molar-refractivity contribution in [3.63, 3.8) is 0 Å². The molecule has 0 saturated carbocycles. The first-order chi connectivity index (χ1) is 11.6. The van der Waals surface area contributed by atoms with Crippen molar-refractivity contribution in [2.75, 3.05) is 25.1 Å². The Morgan fingerprint density at radius 3 is 2.67 bits per heavy atom. The van der Waals surface area contributed by atoms with Crippen LogP contribution in [0.5, 0.6) is 0 Å². The summed E-state index contributed by atoms with van der Waals surface area (Å²) in [5, 5.41) is 3.21. The molecule has 0 unspecified atom stereocenters. The van der Waals surface area contributed by atoms with Crippen molar-refractivity contribution >= 4 is 17.7 Å². The first kappa shape index (κ1) is 19.3. The van der Waals surface area contributed by atoms with Gasteiger partial charge < -0.3 is 5.32 Å². The molecule has 24 heavy (non-hydrogen) atoms. The van der Waals surface area contributed by atoms with E-state index in [2.05, 4.69) is 48.3 Å². The summed E-state index contributed by atoms with van der Waals surface area (Å²) >= 11 is 1.73. The van der Waals surface area contributed by atoms with Crippen molar-refractivity contribution in [3.8, 4) is 0 Å². The number of nitrogens with zero attached hydrogens (tertiary/aromatic N) is 1. The zero-order chi connectivity index (χ0) is 17.4. The molecule has 0 spiro atoms. The molecule has 0 aromatic heterocycles. The first-order valence-corrected chi connectivity index (χ1v) is 10.5. The molecule has 2 rings (SSSR count). The third-order valence-electron chi connectivity index (χ3n) is 4.48. The summed E-state index contributed by atoms with van der Waals surface area (Å²) in [6, 6.07) is 9.37. The Bertz CT molecular complexity index is 501. The van der Waals surface area contributed by atoms with Gasteiger partial charge >= 0.3 is 0 Å². The smallest absolute Gasteiger partial charge is 0.221 e. The van der Waals surface area contributed by atoms with Crippen LogP contribution in [0.15, 0.2) is 24.3 Å². The van der Waals surface area contributed by atoms with Gasteiger partial charge in [0.2, 0.25) is 5.91 Å². The average Bonchev–Trinajstić information content (AvgIpc) is 2.55. The maximum absolute atomic E-state index is 11.9. The van der Waals surface area contributed by atoms with Crippen molar-refractivity contribution in [1.82, 2.24) is 10.2 Å². The summed E-state index contributed by atoms with van der Waals surface area (Å²) in [4.78, 5) is 14.4. The molecular weight excluding hydrogens is 316 g/mol. The van der Waals surface area contributed by atoms with Gasteiger partial charge in [0.05, 0.1) is 0 Å². The summed E-state index contributed by atoms with van der Waals surface area (Å²) < 4.78 is 0. The first-order valence-electron chi connectivity index (χ1n) is 9.15. The number of likely N-dealkylation sites (tertiary alicyclic amines) is 1. The quantitative estimate of drug-likeness (QED) is 0.777. The molecule has 1 saturated heterocycles. The molecule has 0 radical (unpaired) electrons. The fourth-order valence-electron chi connectivity index (χ4n) is 3.32. The topological polar surface area (TPSA) is 32.3 Å². The van der Waals surface area contributed by atoms with Crippen molar-refractivity contribution in [3.05, 3.63) is 35.4 Å². The van der Waals surface area contributed by atoms with Crippen LogP contribution in [0, 0.1) is 5.92 Å². The largest absolute Gasteiger partial charge is 0.352 e. The van der Waals surface area contributed by atoms with E-state index >= 15 is 0 Å². The van der Waals surface area contributed by atoms with Crippen LogP contribution in [0.4, 0.5) is 0 Å². The van der Waals surface area contributed by atoms with Crippen molar-refractivity contribution in [1.29, 1.82) is 0 Å². The number of nitrogens with one attached hydrogen (secondary N) is 1. The Kier molecular flexibility index (Phi) is 8.13. The van der Waals surface area contributed by atoms with Gasteiger partial charge in [0, 0.05) is 31.3 Å². The minimum Gasteiger partial charge on any atom is -0.352 e. The molecule has 1 aliphatic heterocycles. The molecule has 1 N–H and O–H groups in total. The fourth-order valence-corrected chi connectivity index (χ4v) is 3.71. The van der Waals surface area contributed by atoms with Crippen LogP contribution >= 0.6 is 11.8 Å². The normalized spacial score (nSPS) is 18.8. The van der Waals surface area contributed by atoms with Crippen LogP contribution in [0.25, 0.3) is 0 Å². The third-order valence-corrected chi connectivity index (χ3v) is 5.09. The molecule has 0 bridgehead atoms. The van der Waals surface area contributed by atoms with E-state index in [-0.39, 0.29) is 5.91 Å². The maximum Gasteiger partial charge on any atom is 0.221 e. The molecule has 1 amide bonds. The molecular formula is C20H32N2OS. The van der Waals surface area contributed by atoms with E-state index in [1.165, 1.54) is 17.5 Å². The average molecular weight is 349 g/mol. The number of amides is 1. The molecule has 1 atom stereocenters. The number of rotatable bonds is 8. The van der Waals surface area contributed by atoms with E-state index in [0.29, 0.717) is 18.4 Å². The van der Waals surface area contributed by atoms with E-state index in [9.17, 15) is 4.79 Å². The van der Waals surface area contributed by atoms with E-state index in [0.717, 1.165) is 38.2 Å². The Morgan fingerprint density at radius 2 is 2.00 bits per heavy atom. The predicted octanol–water partition coefficient (Wildman–Crippen LogP) is 3.72. The summed E-state index contributed by atoms with van der Waals surface area (Å²) in [5.74, 6) is 1.81. The molecule has 1 aliphatic rings. The van der Waals surface area contributed by atoms with Gasteiger partial charge in [0.25, 0.3) is 0 Å². The number of piperidine rings is 1. The van der Waals surface area contributed by atoms with Crippen molar-refractivity contribution in [2.45, 2.75) is 52.1 Å². The number of hydrogen-bond donors (Lipinski definition) is 1. The van der Waals surface area contributed by atoms with E-state index in [1.54, 1.807) is 11.8 Å². The van der Waals surface area contributed by atoms with Gasteiger partial charge in [-0.05, 0) is 49.1 Å². The summed E-state index contributed by atoms with van der Waals surface area (Å²) in [6.45, 7) is 7.60. The summed E-state index contributed by atoms with van der Waals surface area (Å²) in [5.41, 5.74) is 2.79. The minimum absolute atomic E-state index is 0.203. The summed E-state index contributed by atoms with van der Waals surface area (Å²) in [6.07, 6.45) is 6.10. The Morgan fingerprint density at radius 1 is 1.29 bits per heavy atom. The zero-order valence-corrected chi connectivity index (χ0v) is 16.2. The molecule has 1 heterocycles. The van der Waals surface area contributed by atoms with Crippen LogP contribution in [-0.4, -0.2) is 41.9 Å². The highest BCUT2D eigenvalue weighted by molar-refractivity contribution is 7.98. The van der Waals surface area contributed by atoms with E-state index in [1.807, 2.05) is 6.26 Å². The Labute approximate surface area is 151 Å². The second-order valence-corrected chi connectivity index (χ2v) is 8.28. The van der Waals surface area contributed by atoms with Crippen LogP contribution in [0.3, 0.4) is 0 Å². The number of carbonyl (C=O) groups excluding carboxylic acids is 1. The number of carbonyl (C=O) groups is 1. The van der Waals surface area contributed by atoms with Crippen LogP contribution in [-0.2, 0) is 17.8 Å². The van der Waals surface area contributed by atoms with Gasteiger partial charge in [-0.25, -0.2) is 0 Å². The SMILES string of the molecule is CSCCC(=O)N[C@H]1CCCN(Cc2ccc(CC(C)C)cc2)C1. The van der Waals surface area contributed by atoms with E-state index in [4.69, 9.17) is 0 Å². The van der Waals surface area contributed by atoms with Crippen molar-refractivity contribution < 1.29 is 4.79 Å². The highest BCUT2D eigenvalue weighted by Gasteiger charge is 2.21. The molecule has 1 fully saturated rings. The van der Waals surface area contributed by atoms with Gasteiger partial charge in [0.1, 0.15) is 0 Å². The standard InChI is InChI=1S/C20H32N2OS/c1-16(2)13-17-6-8-18(9-7-17)14-22-11-4-5-19(15-22)21-20(23)10-12-24-3/h6-9,16,19H,4-5,10-15H2,1-3H3,(H,21,23)/t19-/m0/s1. The lowest BCUT2D eigenvalue weighted by atomic mass is 10.0. The lowest BCUT2D eigenvalue weighted by Crippen LogP contribution is -2.47. The zero-order valence-electron chi connectivity index (χ0n) is 15.4. The second kappa shape index (κ2) is 10.1. The second-order valence-electron chi connectivity index (χ2n) is 7.30. The number of benzene rings is 1. The molecule has 1 aromatic rings. The molecule has 4 heteroatoms. The molecule has 3 nitrogen and oxygen atoms in total. The highest BCUT2D eigenvalue weighted by atomic mass is 32.2. The Hall–Kier alpha value is -1.00. The van der Waals surface area contributed by atoms with Crippen LogP contribution < -0.4 is 5.32 Å². The fraction of sp³-hybridized carbons (Fsp3) is 0.650. The molecule has 0 aliphatic carbocycles. The highest BCUT2D eigenvalue weighted by Crippen LogP contribution is 2.16. The summed E-state index contributed by atoms with van der Waals surface area (Å²) in [7, 11) is 0. The van der Waals surface area contributed by atoms with Gasteiger partial charge in [-0.3, -0.25) is 9.69 Å². The molecule has 134 valence electrons. The number of hydrogen-bond acceptors (Lipinski definition) is 3. The van der Waals surface area contributed by atoms with E-state index < -0.39 is 0 Å². The van der Waals surface area contributed by atoms with Gasteiger partial charge in [0.15, 0.2) is 0 Å². The third kappa shape index (κ3) is 6.86. The van der Waals surface area contributed by atoms with Gasteiger partial charge in [-0.15, -0.1) is 0 Å². The van der Waals surface area contributed by atoms with Gasteiger partial charge in [-0.1, -0.05) is 38.1 Å². The number of thioether (sulfide) groups is 1. The lowest BCUT2D eigenvalue weighted by molar-refractivity contribution is -0.121. The Balaban J connectivity index is 1.80. The van der Waals surface area contributed by atoms with Gasteiger partial charge in [-0.2, -0.15) is 11.8 Å². The minimum atomic E-state index is 0.203. The maximum atomic E-state index is 11.9. The van der Waals surface area contributed by atoms with Crippen LogP contribution in [0.2, 0.25) is 0 Å². The lowest BCUT2D eigenvalue weighted by Gasteiger charge is -2.33. The molecule has 1 aromatic carbocycles. The monoisotopic (exact) mass is 348 g/mol. The van der Waals surface area contributed by atoms with Crippen molar-refractivity contribution in [2.24, 2.45) is 5.92 Å². The van der Waals surface area contributed by atoms with Crippen LogP contribution in [0.1, 0.15) is 44.2 Å². The predicted molar refractivity (Wildman–Crippen MR) is 104 cm³/mol.